The number of rotatable bonds is 3. The van der Waals surface area contributed by atoms with Gasteiger partial charge in [0.05, 0.1) is 3.57 Å². The van der Waals surface area contributed by atoms with Crippen molar-refractivity contribution in [1.82, 2.24) is 15.0 Å². The molecule has 1 aromatic heterocycles. The van der Waals surface area contributed by atoms with E-state index in [4.69, 9.17) is 4.65 Å². The predicted molar refractivity (Wildman–Crippen MR) is 105 cm³/mol. The summed E-state index contributed by atoms with van der Waals surface area (Å²) in [5.41, 5.74) is 2.69. The average molecular weight is 533 g/mol. The van der Waals surface area contributed by atoms with Crippen LogP contribution in [0.15, 0.2) is 30.3 Å². The first-order valence-corrected chi connectivity index (χ1v) is 8.77. The molecule has 0 saturated heterocycles. The van der Waals surface area contributed by atoms with E-state index in [1.807, 2.05) is 40.8 Å². The number of phenols is 1. The molecule has 1 heterocycles. The highest BCUT2D eigenvalue weighted by atomic mass is 127. The van der Waals surface area contributed by atoms with E-state index in [1.165, 1.54) is 11.7 Å². The molecule has 0 aliphatic heterocycles. The average Bonchev–Trinajstić information content (AvgIpc) is 2.90. The summed E-state index contributed by atoms with van der Waals surface area (Å²) in [5, 5.41) is 19.1. The van der Waals surface area contributed by atoms with Crippen LogP contribution in [0.4, 0.5) is 0 Å². The maximum atomic E-state index is 11.0. The minimum Gasteiger partial charge on any atom is -0.535 e. The molecule has 116 valence electrons. The van der Waals surface area contributed by atoms with Gasteiger partial charge in [0.25, 0.3) is 5.97 Å². The molecule has 6 nitrogen and oxygen atoms in total. The molecule has 0 fully saturated rings. The summed E-state index contributed by atoms with van der Waals surface area (Å²) >= 11 is 4.23. The number of aromatic hydroxyl groups is 1. The van der Waals surface area contributed by atoms with Gasteiger partial charge in [-0.3, -0.25) is 4.79 Å². The van der Waals surface area contributed by atoms with Gasteiger partial charge < -0.3 is 9.76 Å². The largest absolute Gasteiger partial charge is 0.535 e. The van der Waals surface area contributed by atoms with Crippen LogP contribution in [0, 0.1) is 7.14 Å². The van der Waals surface area contributed by atoms with Gasteiger partial charge in [-0.2, -0.15) is 0 Å². The number of hydrogen-bond donors (Lipinski definition) is 1. The molecule has 1 N–H and O–H groups in total. The van der Waals surface area contributed by atoms with Crippen molar-refractivity contribution in [3.8, 4) is 11.4 Å². The summed E-state index contributed by atoms with van der Waals surface area (Å²) in [7, 11) is 0.136. The fourth-order valence-corrected chi connectivity index (χ4v) is 3.21. The van der Waals surface area contributed by atoms with Crippen molar-refractivity contribution in [2.24, 2.45) is 0 Å². The lowest BCUT2D eigenvalue weighted by atomic mass is 9.87. The molecule has 0 amide bonds. The van der Waals surface area contributed by atoms with Gasteiger partial charge in [0.15, 0.2) is 5.75 Å². The maximum absolute atomic E-state index is 11.0. The van der Waals surface area contributed by atoms with E-state index in [9.17, 15) is 9.90 Å². The first-order chi connectivity index (χ1) is 10.9. The fraction of sp³-hybridized carbons (Fsp3) is 0.0714. The van der Waals surface area contributed by atoms with Crippen molar-refractivity contribution in [2.45, 2.75) is 6.92 Å². The second-order valence-corrected chi connectivity index (χ2v) is 7.26. The van der Waals surface area contributed by atoms with Crippen LogP contribution in [0.5, 0.6) is 5.75 Å². The smallest absolute Gasteiger partial charge is 0.377 e. The molecule has 2 aromatic carbocycles. The SMILES string of the molecule is CC(=O)OBc1cc(I)c(O)c(-n2nc3ccc(I)cc3n2)c1. The summed E-state index contributed by atoms with van der Waals surface area (Å²) in [6, 6.07) is 9.22. The Labute approximate surface area is 159 Å². The van der Waals surface area contributed by atoms with Crippen LogP contribution in [0.1, 0.15) is 6.92 Å². The van der Waals surface area contributed by atoms with E-state index in [2.05, 4.69) is 32.8 Å². The highest BCUT2D eigenvalue weighted by molar-refractivity contribution is 14.1. The Morgan fingerprint density at radius 1 is 1.22 bits per heavy atom. The number of hydrogen-bond acceptors (Lipinski definition) is 5. The van der Waals surface area contributed by atoms with Gasteiger partial charge >= 0.3 is 7.48 Å². The van der Waals surface area contributed by atoms with Crippen LogP contribution in [-0.2, 0) is 9.45 Å². The van der Waals surface area contributed by atoms with Crippen molar-refractivity contribution in [2.75, 3.05) is 0 Å². The second kappa shape index (κ2) is 6.63. The molecule has 0 aliphatic rings. The van der Waals surface area contributed by atoms with Gasteiger partial charge in [0.2, 0.25) is 0 Å². The van der Waals surface area contributed by atoms with Crippen molar-refractivity contribution >= 4 is 75.1 Å². The van der Waals surface area contributed by atoms with Gasteiger partial charge in [-0.25, -0.2) is 0 Å². The highest BCUT2D eigenvalue weighted by Crippen LogP contribution is 2.26. The lowest BCUT2D eigenvalue weighted by Gasteiger charge is -2.08. The molecule has 23 heavy (non-hydrogen) atoms. The quantitative estimate of drug-likeness (QED) is 0.412. The molecule has 0 radical (unpaired) electrons. The van der Waals surface area contributed by atoms with E-state index >= 15 is 0 Å². The number of carbonyl (C=O) groups is 1. The van der Waals surface area contributed by atoms with Crippen molar-refractivity contribution in [1.29, 1.82) is 0 Å². The summed E-state index contributed by atoms with van der Waals surface area (Å²) in [6.07, 6.45) is 0. The summed E-state index contributed by atoms with van der Waals surface area (Å²) in [6.45, 7) is 1.36. The van der Waals surface area contributed by atoms with Crippen LogP contribution >= 0.6 is 45.2 Å². The molecular weight excluding hydrogens is 523 g/mol. The monoisotopic (exact) mass is 533 g/mol. The van der Waals surface area contributed by atoms with Crippen LogP contribution in [0.3, 0.4) is 0 Å². The zero-order chi connectivity index (χ0) is 16.6. The number of phenolic OH excluding ortho intramolecular Hbond substituents is 1. The van der Waals surface area contributed by atoms with E-state index in [-0.39, 0.29) is 19.2 Å². The van der Waals surface area contributed by atoms with Crippen LogP contribution in [0.25, 0.3) is 16.7 Å². The molecule has 0 saturated carbocycles. The minimum absolute atomic E-state index is 0.0900. The second-order valence-electron chi connectivity index (χ2n) is 4.85. The number of fused-ring (bicyclic) bond motifs is 1. The van der Waals surface area contributed by atoms with E-state index in [0.29, 0.717) is 9.26 Å². The first kappa shape index (κ1) is 16.5. The zero-order valence-corrected chi connectivity index (χ0v) is 16.3. The van der Waals surface area contributed by atoms with E-state index in [0.717, 1.165) is 20.1 Å². The Morgan fingerprint density at radius 2 is 1.96 bits per heavy atom. The van der Waals surface area contributed by atoms with E-state index in [1.54, 1.807) is 12.1 Å². The Balaban J connectivity index is 2.07. The molecule has 0 aliphatic carbocycles. The number of aromatic nitrogens is 3. The predicted octanol–water partition coefficient (Wildman–Crippen LogP) is 1.88. The summed E-state index contributed by atoms with van der Waals surface area (Å²) in [4.78, 5) is 12.4. The molecular formula is C14H10BI2N3O3. The van der Waals surface area contributed by atoms with Crippen LogP contribution in [-0.4, -0.2) is 33.6 Å². The molecule has 9 heteroatoms. The van der Waals surface area contributed by atoms with Crippen molar-refractivity contribution < 1.29 is 14.6 Å². The third kappa shape index (κ3) is 3.60. The number of benzene rings is 2. The van der Waals surface area contributed by atoms with Crippen LogP contribution < -0.4 is 5.46 Å². The van der Waals surface area contributed by atoms with Crippen molar-refractivity contribution in [3.05, 3.63) is 37.5 Å². The number of halogens is 2. The Hall–Kier alpha value is -1.37. The molecule has 0 spiro atoms. The Morgan fingerprint density at radius 3 is 2.70 bits per heavy atom. The molecule has 0 atom stereocenters. The Kier molecular flexibility index (Phi) is 4.76. The summed E-state index contributed by atoms with van der Waals surface area (Å²) < 4.78 is 6.71. The van der Waals surface area contributed by atoms with E-state index < -0.39 is 0 Å². The zero-order valence-electron chi connectivity index (χ0n) is 12.0. The van der Waals surface area contributed by atoms with Gasteiger partial charge in [0, 0.05) is 10.5 Å². The number of nitrogens with zero attached hydrogens (tertiary/aromatic N) is 3. The molecule has 3 rings (SSSR count). The van der Waals surface area contributed by atoms with Gasteiger partial charge in [-0.05, 0) is 81.0 Å². The molecule has 0 bridgehead atoms. The van der Waals surface area contributed by atoms with Crippen molar-refractivity contribution in [3.63, 3.8) is 0 Å². The first-order valence-electron chi connectivity index (χ1n) is 6.62. The third-order valence-corrected chi connectivity index (χ3v) is 4.60. The lowest BCUT2D eigenvalue weighted by Crippen LogP contribution is -2.21. The highest BCUT2D eigenvalue weighted by Gasteiger charge is 2.15. The topological polar surface area (TPSA) is 77.2 Å². The van der Waals surface area contributed by atoms with Gasteiger partial charge in [-0.1, -0.05) is 0 Å². The lowest BCUT2D eigenvalue weighted by molar-refractivity contribution is -0.131. The molecule has 3 aromatic rings. The number of carbonyl (C=O) groups excluding carboxylic acids is 1. The van der Waals surface area contributed by atoms with Gasteiger partial charge in [-0.15, -0.1) is 15.0 Å². The minimum atomic E-state index is -0.354. The van der Waals surface area contributed by atoms with Crippen LogP contribution in [0.2, 0.25) is 0 Å². The normalized spacial score (nSPS) is 10.7. The standard InChI is InChI=1S/C14H10BI2N3O3/c1-7(21)23-15-8-4-10(17)14(22)13(5-8)20-18-11-3-2-9(16)6-12(11)19-20/h2-6,15,22H,1H3. The third-order valence-electron chi connectivity index (χ3n) is 3.10. The van der Waals surface area contributed by atoms with Gasteiger partial charge in [0.1, 0.15) is 16.7 Å². The summed E-state index contributed by atoms with van der Waals surface area (Å²) in [5.74, 6) is -0.265. The Bertz CT molecular complexity index is 914. The maximum Gasteiger partial charge on any atom is 0.377 e. The molecule has 0 unspecified atom stereocenters. The fourth-order valence-electron chi connectivity index (χ4n) is 2.06.